The van der Waals surface area contributed by atoms with Crippen LogP contribution in [0.25, 0.3) is 0 Å². The predicted molar refractivity (Wildman–Crippen MR) is 44.3 cm³/mol. The zero-order valence-corrected chi connectivity index (χ0v) is 7.27. The first kappa shape index (κ1) is 9.31. The van der Waals surface area contributed by atoms with E-state index in [-0.39, 0.29) is 17.2 Å². The highest BCUT2D eigenvalue weighted by Crippen LogP contribution is 2.20. The van der Waals surface area contributed by atoms with E-state index in [1.54, 1.807) is 0 Å². The molecule has 1 heterocycles. The van der Waals surface area contributed by atoms with Crippen LogP contribution in [0, 0.1) is 0 Å². The number of aromatic carboxylic acids is 1. The van der Waals surface area contributed by atoms with Crippen LogP contribution in [0.4, 0.5) is 0 Å². The molecule has 0 radical (unpaired) electrons. The minimum Gasteiger partial charge on any atom is -0.494 e. The molecule has 0 spiro atoms. The molecule has 13 heavy (non-hydrogen) atoms. The second kappa shape index (κ2) is 3.75. The van der Waals surface area contributed by atoms with E-state index < -0.39 is 5.97 Å². The zero-order valence-electron chi connectivity index (χ0n) is 7.27. The third-order valence-corrected chi connectivity index (χ3v) is 1.50. The summed E-state index contributed by atoms with van der Waals surface area (Å²) < 4.78 is 9.58. The number of pyridine rings is 1. The Morgan fingerprint density at radius 3 is 2.62 bits per heavy atom. The molecular formula is C8H9NO4. The van der Waals surface area contributed by atoms with Gasteiger partial charge < -0.3 is 14.6 Å². The molecule has 1 rings (SSSR count). The van der Waals surface area contributed by atoms with Gasteiger partial charge in [-0.3, -0.25) is 0 Å². The minimum absolute atomic E-state index is 0.0364. The van der Waals surface area contributed by atoms with E-state index in [2.05, 4.69) is 4.98 Å². The standard InChI is InChI=1S/C8H9NO4/c1-12-6-4-9-7(13-2)3-5(6)8(10)11/h3-4H,1-2H3,(H,10,11). The van der Waals surface area contributed by atoms with Gasteiger partial charge in [-0.2, -0.15) is 0 Å². The number of rotatable bonds is 3. The fourth-order valence-corrected chi connectivity index (χ4v) is 0.865. The number of nitrogens with zero attached hydrogens (tertiary/aromatic N) is 1. The SMILES string of the molecule is COc1cc(C(=O)O)c(OC)cn1. The molecule has 0 saturated carbocycles. The van der Waals surface area contributed by atoms with Crippen LogP contribution in [0.15, 0.2) is 12.3 Å². The van der Waals surface area contributed by atoms with Crippen molar-refractivity contribution in [1.82, 2.24) is 4.98 Å². The van der Waals surface area contributed by atoms with Gasteiger partial charge in [0.2, 0.25) is 5.88 Å². The molecule has 0 aromatic carbocycles. The van der Waals surface area contributed by atoms with E-state index in [1.807, 2.05) is 0 Å². The molecule has 0 bridgehead atoms. The van der Waals surface area contributed by atoms with Gasteiger partial charge in [0.25, 0.3) is 0 Å². The molecule has 5 nitrogen and oxygen atoms in total. The maximum atomic E-state index is 10.7. The summed E-state index contributed by atoms with van der Waals surface area (Å²) >= 11 is 0. The number of carboxylic acid groups (broad SMARTS) is 1. The number of hydrogen-bond acceptors (Lipinski definition) is 4. The predicted octanol–water partition coefficient (Wildman–Crippen LogP) is 0.797. The normalized spacial score (nSPS) is 9.38. The molecule has 0 saturated heterocycles. The van der Waals surface area contributed by atoms with Crippen molar-refractivity contribution in [2.75, 3.05) is 14.2 Å². The van der Waals surface area contributed by atoms with Crippen molar-refractivity contribution in [2.24, 2.45) is 0 Å². The third kappa shape index (κ3) is 1.87. The van der Waals surface area contributed by atoms with E-state index in [0.717, 1.165) is 0 Å². The van der Waals surface area contributed by atoms with Crippen LogP contribution in [-0.4, -0.2) is 30.3 Å². The summed E-state index contributed by atoms with van der Waals surface area (Å²) in [4.78, 5) is 14.5. The Morgan fingerprint density at radius 1 is 1.46 bits per heavy atom. The summed E-state index contributed by atoms with van der Waals surface area (Å²) in [5.74, 6) is -0.607. The first-order valence-electron chi connectivity index (χ1n) is 3.50. The second-order valence-corrected chi connectivity index (χ2v) is 2.23. The Morgan fingerprint density at radius 2 is 2.15 bits per heavy atom. The molecule has 5 heteroatoms. The van der Waals surface area contributed by atoms with Crippen molar-refractivity contribution < 1.29 is 19.4 Å². The number of ether oxygens (including phenoxy) is 2. The summed E-state index contributed by atoms with van der Waals surface area (Å²) in [6.45, 7) is 0. The Hall–Kier alpha value is -1.78. The van der Waals surface area contributed by atoms with Crippen LogP contribution in [-0.2, 0) is 0 Å². The molecule has 0 aliphatic heterocycles. The Labute approximate surface area is 74.9 Å². The average molecular weight is 183 g/mol. The average Bonchev–Trinajstić information content (AvgIpc) is 2.16. The lowest BCUT2D eigenvalue weighted by atomic mass is 10.2. The van der Waals surface area contributed by atoms with Crippen LogP contribution in [0.5, 0.6) is 11.6 Å². The lowest BCUT2D eigenvalue weighted by Crippen LogP contribution is -2.02. The molecule has 0 atom stereocenters. The number of methoxy groups -OCH3 is 2. The molecule has 0 unspecified atom stereocenters. The van der Waals surface area contributed by atoms with E-state index in [4.69, 9.17) is 14.6 Å². The maximum absolute atomic E-state index is 10.7. The highest BCUT2D eigenvalue weighted by atomic mass is 16.5. The van der Waals surface area contributed by atoms with Gasteiger partial charge in [-0.1, -0.05) is 0 Å². The molecule has 1 aromatic rings. The highest BCUT2D eigenvalue weighted by Gasteiger charge is 2.12. The molecule has 0 aliphatic rings. The summed E-state index contributed by atoms with van der Waals surface area (Å²) in [6, 6.07) is 1.31. The number of aromatic nitrogens is 1. The van der Waals surface area contributed by atoms with E-state index in [9.17, 15) is 4.79 Å². The zero-order chi connectivity index (χ0) is 9.84. The van der Waals surface area contributed by atoms with E-state index >= 15 is 0 Å². The topological polar surface area (TPSA) is 68.7 Å². The fourth-order valence-electron chi connectivity index (χ4n) is 0.865. The van der Waals surface area contributed by atoms with Crippen molar-refractivity contribution in [3.05, 3.63) is 17.8 Å². The maximum Gasteiger partial charge on any atom is 0.339 e. The van der Waals surface area contributed by atoms with Crippen molar-refractivity contribution >= 4 is 5.97 Å². The van der Waals surface area contributed by atoms with Crippen LogP contribution in [0.2, 0.25) is 0 Å². The Balaban J connectivity index is 3.18. The van der Waals surface area contributed by atoms with Gasteiger partial charge in [-0.15, -0.1) is 0 Å². The van der Waals surface area contributed by atoms with E-state index in [0.29, 0.717) is 0 Å². The fraction of sp³-hybridized carbons (Fsp3) is 0.250. The quantitative estimate of drug-likeness (QED) is 0.750. The van der Waals surface area contributed by atoms with Gasteiger partial charge in [-0.25, -0.2) is 9.78 Å². The minimum atomic E-state index is -1.07. The summed E-state index contributed by atoms with van der Waals surface area (Å²) in [5.41, 5.74) is 0.0364. The van der Waals surface area contributed by atoms with Gasteiger partial charge in [0.15, 0.2) is 5.75 Å². The van der Waals surface area contributed by atoms with Crippen LogP contribution >= 0.6 is 0 Å². The summed E-state index contributed by atoms with van der Waals surface area (Å²) in [6.07, 6.45) is 1.31. The molecule has 70 valence electrons. The number of carbonyl (C=O) groups is 1. The van der Waals surface area contributed by atoms with Crippen molar-refractivity contribution in [2.45, 2.75) is 0 Å². The smallest absolute Gasteiger partial charge is 0.339 e. The van der Waals surface area contributed by atoms with Crippen LogP contribution in [0.3, 0.4) is 0 Å². The van der Waals surface area contributed by atoms with Crippen molar-refractivity contribution in [3.8, 4) is 11.6 Å². The molecule has 1 aromatic heterocycles. The molecule has 1 N–H and O–H groups in total. The molecule has 0 amide bonds. The van der Waals surface area contributed by atoms with Gasteiger partial charge in [0.1, 0.15) is 5.56 Å². The van der Waals surface area contributed by atoms with E-state index in [1.165, 1.54) is 26.5 Å². The van der Waals surface area contributed by atoms with Crippen LogP contribution < -0.4 is 9.47 Å². The van der Waals surface area contributed by atoms with Gasteiger partial charge >= 0.3 is 5.97 Å². The summed E-state index contributed by atoms with van der Waals surface area (Å²) in [5, 5.41) is 8.75. The van der Waals surface area contributed by atoms with Gasteiger partial charge in [0, 0.05) is 6.07 Å². The molecule has 0 aliphatic carbocycles. The largest absolute Gasteiger partial charge is 0.494 e. The van der Waals surface area contributed by atoms with Gasteiger partial charge in [0.05, 0.1) is 20.4 Å². The molecule has 0 fully saturated rings. The second-order valence-electron chi connectivity index (χ2n) is 2.23. The first-order chi connectivity index (χ1) is 6.19. The lowest BCUT2D eigenvalue weighted by molar-refractivity contribution is 0.0692. The first-order valence-corrected chi connectivity index (χ1v) is 3.50. The highest BCUT2D eigenvalue weighted by molar-refractivity contribution is 5.91. The molecular weight excluding hydrogens is 174 g/mol. The van der Waals surface area contributed by atoms with Crippen molar-refractivity contribution in [1.29, 1.82) is 0 Å². The monoisotopic (exact) mass is 183 g/mol. The number of hydrogen-bond donors (Lipinski definition) is 1. The summed E-state index contributed by atoms with van der Waals surface area (Å²) in [7, 11) is 2.80. The van der Waals surface area contributed by atoms with Crippen molar-refractivity contribution in [3.63, 3.8) is 0 Å². The number of carboxylic acids is 1. The Kier molecular flexibility index (Phi) is 2.69. The van der Waals surface area contributed by atoms with Gasteiger partial charge in [-0.05, 0) is 0 Å². The van der Waals surface area contributed by atoms with Crippen LogP contribution in [0.1, 0.15) is 10.4 Å². The lowest BCUT2D eigenvalue weighted by Gasteiger charge is -2.05. The Bertz CT molecular complexity index is 324. The third-order valence-electron chi connectivity index (χ3n) is 1.50.